The third-order valence-electron chi connectivity index (χ3n) is 4.19. The first kappa shape index (κ1) is 13.3. The van der Waals surface area contributed by atoms with E-state index in [-0.39, 0.29) is 6.04 Å². The largest absolute Gasteiger partial charge is 0.389 e. The van der Waals surface area contributed by atoms with Crippen molar-refractivity contribution in [2.75, 3.05) is 6.54 Å². The highest BCUT2D eigenvalue weighted by atomic mass is 16.3. The summed E-state index contributed by atoms with van der Waals surface area (Å²) < 4.78 is 0. The molecule has 2 aromatic carbocycles. The van der Waals surface area contributed by atoms with Crippen LogP contribution in [0.3, 0.4) is 0 Å². The van der Waals surface area contributed by atoms with E-state index < -0.39 is 5.60 Å². The summed E-state index contributed by atoms with van der Waals surface area (Å²) in [5, 5.41) is 13.8. The average molecular weight is 267 g/mol. The van der Waals surface area contributed by atoms with Crippen LogP contribution in [0.1, 0.15) is 36.4 Å². The van der Waals surface area contributed by atoms with E-state index in [0.717, 1.165) is 19.3 Å². The maximum Gasteiger partial charge on any atom is 0.0771 e. The number of nitrogens with one attached hydrogen (secondary N) is 1. The molecule has 1 aliphatic carbocycles. The van der Waals surface area contributed by atoms with Gasteiger partial charge in [0.05, 0.1) is 11.6 Å². The summed E-state index contributed by atoms with van der Waals surface area (Å²) in [4.78, 5) is 0. The van der Waals surface area contributed by atoms with Crippen LogP contribution in [-0.4, -0.2) is 17.3 Å². The predicted molar refractivity (Wildman–Crippen MR) is 81.5 cm³/mol. The van der Waals surface area contributed by atoms with Crippen LogP contribution in [0.4, 0.5) is 0 Å². The molecule has 0 amide bonds. The van der Waals surface area contributed by atoms with E-state index in [1.807, 2.05) is 12.1 Å². The molecule has 0 atom stereocenters. The van der Waals surface area contributed by atoms with E-state index in [1.165, 1.54) is 11.1 Å². The quantitative estimate of drug-likeness (QED) is 0.871. The summed E-state index contributed by atoms with van der Waals surface area (Å²) in [6, 6.07) is 21.0. The highest BCUT2D eigenvalue weighted by Gasteiger charge is 2.34. The maximum absolute atomic E-state index is 10.3. The lowest BCUT2D eigenvalue weighted by Crippen LogP contribution is -2.47. The number of hydrogen-bond acceptors (Lipinski definition) is 2. The van der Waals surface area contributed by atoms with Crippen LogP contribution in [-0.2, 0) is 0 Å². The normalized spacial score (nSPS) is 16.9. The van der Waals surface area contributed by atoms with Crippen molar-refractivity contribution in [3.8, 4) is 0 Å². The van der Waals surface area contributed by atoms with Crippen LogP contribution in [0.2, 0.25) is 0 Å². The van der Waals surface area contributed by atoms with Gasteiger partial charge in [0.15, 0.2) is 0 Å². The van der Waals surface area contributed by atoms with Crippen LogP contribution in [0.25, 0.3) is 0 Å². The number of rotatable bonds is 5. The van der Waals surface area contributed by atoms with Gasteiger partial charge in [-0.3, -0.25) is 0 Å². The van der Waals surface area contributed by atoms with Gasteiger partial charge in [-0.2, -0.15) is 0 Å². The van der Waals surface area contributed by atoms with Gasteiger partial charge in [0, 0.05) is 6.54 Å². The topological polar surface area (TPSA) is 32.3 Å². The van der Waals surface area contributed by atoms with E-state index in [0.29, 0.717) is 6.54 Å². The summed E-state index contributed by atoms with van der Waals surface area (Å²) >= 11 is 0. The van der Waals surface area contributed by atoms with Gasteiger partial charge in [0.25, 0.3) is 0 Å². The van der Waals surface area contributed by atoms with Gasteiger partial charge in [-0.25, -0.2) is 0 Å². The van der Waals surface area contributed by atoms with E-state index in [1.54, 1.807) is 0 Å². The lowest BCUT2D eigenvalue weighted by Gasteiger charge is -2.38. The third-order valence-corrected chi connectivity index (χ3v) is 4.19. The molecular formula is C18H21NO. The van der Waals surface area contributed by atoms with Crippen molar-refractivity contribution in [3.05, 3.63) is 71.8 Å². The van der Waals surface area contributed by atoms with E-state index >= 15 is 0 Å². The van der Waals surface area contributed by atoms with E-state index in [4.69, 9.17) is 0 Å². The fraction of sp³-hybridized carbons (Fsp3) is 0.333. The van der Waals surface area contributed by atoms with Gasteiger partial charge in [-0.15, -0.1) is 0 Å². The van der Waals surface area contributed by atoms with Crippen LogP contribution in [0.5, 0.6) is 0 Å². The fourth-order valence-electron chi connectivity index (χ4n) is 2.77. The molecule has 0 aromatic heterocycles. The minimum atomic E-state index is -0.498. The van der Waals surface area contributed by atoms with Crippen LogP contribution < -0.4 is 5.32 Å². The van der Waals surface area contributed by atoms with Gasteiger partial charge in [0.2, 0.25) is 0 Å². The summed E-state index contributed by atoms with van der Waals surface area (Å²) in [5.41, 5.74) is 1.98. The molecule has 2 nitrogen and oxygen atoms in total. The maximum atomic E-state index is 10.3. The molecule has 0 heterocycles. The zero-order valence-corrected chi connectivity index (χ0v) is 11.6. The Morgan fingerprint density at radius 2 is 1.40 bits per heavy atom. The number of benzene rings is 2. The molecule has 0 unspecified atom stereocenters. The summed E-state index contributed by atoms with van der Waals surface area (Å²) in [6.45, 7) is 0.654. The lowest BCUT2D eigenvalue weighted by atomic mass is 9.80. The Morgan fingerprint density at radius 3 is 1.80 bits per heavy atom. The number of aliphatic hydroxyl groups is 1. The molecule has 2 N–H and O–H groups in total. The molecule has 1 saturated carbocycles. The molecule has 0 radical (unpaired) electrons. The zero-order valence-electron chi connectivity index (χ0n) is 11.6. The van der Waals surface area contributed by atoms with Crippen LogP contribution >= 0.6 is 0 Å². The van der Waals surface area contributed by atoms with E-state index in [2.05, 4.69) is 53.8 Å². The Morgan fingerprint density at radius 1 is 0.900 bits per heavy atom. The number of hydrogen-bond donors (Lipinski definition) is 2. The Kier molecular flexibility index (Phi) is 3.86. The lowest BCUT2D eigenvalue weighted by molar-refractivity contribution is -0.0325. The predicted octanol–water partition coefficient (Wildman–Crippen LogP) is 3.28. The Hall–Kier alpha value is -1.64. The first-order chi connectivity index (χ1) is 9.77. The highest BCUT2D eigenvalue weighted by molar-refractivity contribution is 5.31. The molecule has 104 valence electrons. The molecule has 2 aromatic rings. The van der Waals surface area contributed by atoms with Gasteiger partial charge in [-0.1, -0.05) is 60.7 Å². The molecule has 0 bridgehead atoms. The Bertz CT molecular complexity index is 494. The second kappa shape index (κ2) is 5.78. The first-order valence-electron chi connectivity index (χ1n) is 7.33. The van der Waals surface area contributed by atoms with Crippen LogP contribution in [0, 0.1) is 0 Å². The van der Waals surface area contributed by atoms with Crippen molar-refractivity contribution in [1.29, 1.82) is 0 Å². The SMILES string of the molecule is OC1(CNC(c2ccccc2)c2ccccc2)CCC1. The summed E-state index contributed by atoms with van der Waals surface area (Å²) in [5.74, 6) is 0. The average Bonchev–Trinajstić information content (AvgIpc) is 2.48. The minimum absolute atomic E-state index is 0.141. The smallest absolute Gasteiger partial charge is 0.0771 e. The van der Waals surface area contributed by atoms with Crippen molar-refractivity contribution in [3.63, 3.8) is 0 Å². The molecule has 20 heavy (non-hydrogen) atoms. The fourth-order valence-corrected chi connectivity index (χ4v) is 2.77. The second-order valence-corrected chi connectivity index (χ2v) is 5.71. The van der Waals surface area contributed by atoms with Crippen LogP contribution in [0.15, 0.2) is 60.7 Å². The molecule has 3 rings (SSSR count). The molecule has 0 aliphatic heterocycles. The zero-order chi connectivity index (χ0) is 13.8. The van der Waals surface area contributed by atoms with Crippen molar-refractivity contribution in [1.82, 2.24) is 5.32 Å². The van der Waals surface area contributed by atoms with Gasteiger partial charge in [-0.05, 0) is 30.4 Å². The molecule has 1 fully saturated rings. The standard InChI is InChI=1S/C18H21NO/c20-18(12-7-13-18)14-19-17(15-8-3-1-4-9-15)16-10-5-2-6-11-16/h1-6,8-11,17,19-20H,7,12-14H2. The summed E-state index contributed by atoms with van der Waals surface area (Å²) in [7, 11) is 0. The van der Waals surface area contributed by atoms with Gasteiger partial charge in [0.1, 0.15) is 0 Å². The molecular weight excluding hydrogens is 246 g/mol. The molecule has 0 spiro atoms. The van der Waals surface area contributed by atoms with Crippen molar-refractivity contribution in [2.45, 2.75) is 30.9 Å². The second-order valence-electron chi connectivity index (χ2n) is 5.71. The Labute approximate surface area is 120 Å². The van der Waals surface area contributed by atoms with E-state index in [9.17, 15) is 5.11 Å². The van der Waals surface area contributed by atoms with Crippen molar-refractivity contribution in [2.24, 2.45) is 0 Å². The third kappa shape index (κ3) is 2.92. The Balaban J connectivity index is 1.80. The summed E-state index contributed by atoms with van der Waals surface area (Å²) in [6.07, 6.45) is 2.96. The van der Waals surface area contributed by atoms with Crippen molar-refractivity contribution < 1.29 is 5.11 Å². The van der Waals surface area contributed by atoms with Gasteiger partial charge < -0.3 is 10.4 Å². The van der Waals surface area contributed by atoms with Gasteiger partial charge >= 0.3 is 0 Å². The first-order valence-corrected chi connectivity index (χ1v) is 7.33. The highest BCUT2D eigenvalue weighted by Crippen LogP contribution is 2.32. The van der Waals surface area contributed by atoms with Crippen molar-refractivity contribution >= 4 is 0 Å². The monoisotopic (exact) mass is 267 g/mol. The molecule has 0 saturated heterocycles. The minimum Gasteiger partial charge on any atom is -0.389 e. The molecule has 2 heteroatoms. The molecule has 1 aliphatic rings.